The molecule has 0 fully saturated rings. The van der Waals surface area contributed by atoms with Crippen LogP contribution in [0.25, 0.3) is 10.2 Å². The van der Waals surface area contributed by atoms with Crippen LogP contribution in [0.4, 0.5) is 5.69 Å². The van der Waals surface area contributed by atoms with Crippen molar-refractivity contribution < 1.29 is 9.53 Å². The molecule has 136 valence electrons. The number of aryl methyl sites for hydroxylation is 2. The number of ether oxygens (including phenoxy) is 1. The van der Waals surface area contributed by atoms with E-state index < -0.39 is 6.10 Å². The molecule has 1 amide bonds. The van der Waals surface area contributed by atoms with Crippen molar-refractivity contribution in [2.45, 2.75) is 26.4 Å². The lowest BCUT2D eigenvalue weighted by Crippen LogP contribution is -2.32. The number of hydrogen-bond acceptors (Lipinski definition) is 4. The highest BCUT2D eigenvalue weighted by Gasteiger charge is 2.19. The molecule has 3 aromatic rings. The van der Waals surface area contributed by atoms with Gasteiger partial charge < -0.3 is 14.6 Å². The molecule has 1 heterocycles. The van der Waals surface area contributed by atoms with Gasteiger partial charge in [-0.3, -0.25) is 9.59 Å². The molecule has 0 bridgehead atoms. The minimum Gasteiger partial charge on any atom is -0.481 e. The van der Waals surface area contributed by atoms with Crippen LogP contribution >= 0.6 is 22.9 Å². The van der Waals surface area contributed by atoms with Gasteiger partial charge in [0.1, 0.15) is 5.75 Å². The van der Waals surface area contributed by atoms with E-state index in [-0.39, 0.29) is 10.8 Å². The number of halogens is 1. The van der Waals surface area contributed by atoms with Gasteiger partial charge in [-0.2, -0.15) is 0 Å². The maximum absolute atomic E-state index is 12.6. The molecule has 0 aliphatic carbocycles. The number of aromatic nitrogens is 1. The number of benzene rings is 2. The molecule has 7 heteroatoms. The van der Waals surface area contributed by atoms with Crippen molar-refractivity contribution in [2.24, 2.45) is 7.05 Å². The van der Waals surface area contributed by atoms with Gasteiger partial charge >= 0.3 is 4.87 Å². The molecule has 0 aliphatic heterocycles. The molecular weight excluding hydrogens is 372 g/mol. The standard InChI is InChI=1S/C19H19ClN2O3S/c1-4-16(25-13-6-7-14(20)11(2)9-13)18(23)21-12-5-8-15-17(10-12)26-19(24)22(15)3/h5-10,16H,4H2,1-3H3,(H,21,23). The number of carbonyl (C=O) groups excluding carboxylic acids is 1. The zero-order chi connectivity index (χ0) is 18.8. The molecule has 0 aliphatic rings. The van der Waals surface area contributed by atoms with E-state index in [0.717, 1.165) is 27.1 Å². The Kier molecular flexibility index (Phi) is 5.34. The zero-order valence-corrected chi connectivity index (χ0v) is 16.3. The van der Waals surface area contributed by atoms with Gasteiger partial charge in [-0.15, -0.1) is 0 Å². The highest BCUT2D eigenvalue weighted by atomic mass is 35.5. The van der Waals surface area contributed by atoms with E-state index in [1.807, 2.05) is 26.0 Å². The lowest BCUT2D eigenvalue weighted by atomic mass is 10.2. The minimum absolute atomic E-state index is 0.0312. The first-order chi connectivity index (χ1) is 12.4. The van der Waals surface area contributed by atoms with Crippen LogP contribution in [0, 0.1) is 6.92 Å². The summed E-state index contributed by atoms with van der Waals surface area (Å²) < 4.78 is 8.24. The average Bonchev–Trinajstić information content (AvgIpc) is 2.89. The first kappa shape index (κ1) is 18.5. The van der Waals surface area contributed by atoms with Crippen molar-refractivity contribution in [3.8, 4) is 5.75 Å². The van der Waals surface area contributed by atoms with Crippen LogP contribution in [0.3, 0.4) is 0 Å². The first-order valence-electron chi connectivity index (χ1n) is 8.22. The largest absolute Gasteiger partial charge is 0.481 e. The van der Waals surface area contributed by atoms with Crippen molar-refractivity contribution in [3.63, 3.8) is 0 Å². The Morgan fingerprint density at radius 2 is 2.08 bits per heavy atom. The predicted octanol–water partition coefficient (Wildman–Crippen LogP) is 4.36. The third-order valence-electron chi connectivity index (χ3n) is 4.13. The van der Waals surface area contributed by atoms with Crippen LogP contribution in [-0.2, 0) is 11.8 Å². The number of nitrogens with zero attached hydrogens (tertiary/aromatic N) is 1. The second-order valence-electron chi connectivity index (χ2n) is 6.02. The lowest BCUT2D eigenvalue weighted by molar-refractivity contribution is -0.122. The first-order valence-corrected chi connectivity index (χ1v) is 9.41. The summed E-state index contributed by atoms with van der Waals surface area (Å²) in [5.41, 5.74) is 2.38. The zero-order valence-electron chi connectivity index (χ0n) is 14.7. The Hall–Kier alpha value is -2.31. The molecule has 26 heavy (non-hydrogen) atoms. The number of hydrogen-bond donors (Lipinski definition) is 1. The normalized spacial score (nSPS) is 12.2. The third kappa shape index (κ3) is 3.76. The summed E-state index contributed by atoms with van der Waals surface area (Å²) in [4.78, 5) is 24.3. The molecule has 2 aromatic carbocycles. The summed E-state index contributed by atoms with van der Waals surface area (Å²) in [6, 6.07) is 10.7. The molecule has 1 atom stereocenters. The summed E-state index contributed by atoms with van der Waals surface area (Å²) in [5, 5.41) is 3.52. The Morgan fingerprint density at radius 1 is 1.31 bits per heavy atom. The van der Waals surface area contributed by atoms with Crippen LogP contribution in [0.2, 0.25) is 5.02 Å². The van der Waals surface area contributed by atoms with Gasteiger partial charge in [-0.05, 0) is 55.3 Å². The molecule has 0 saturated heterocycles. The maximum atomic E-state index is 12.6. The number of rotatable bonds is 5. The summed E-state index contributed by atoms with van der Waals surface area (Å²) in [6.07, 6.45) is -0.102. The Bertz CT molecular complexity index is 1030. The Morgan fingerprint density at radius 3 is 2.77 bits per heavy atom. The molecule has 3 rings (SSSR count). The molecule has 1 unspecified atom stereocenters. The second-order valence-corrected chi connectivity index (χ2v) is 7.42. The smallest absolute Gasteiger partial charge is 0.307 e. The van der Waals surface area contributed by atoms with Gasteiger partial charge in [0.05, 0.1) is 10.2 Å². The number of thiazole rings is 1. The SMILES string of the molecule is CCC(Oc1ccc(Cl)c(C)c1)C(=O)Nc1ccc2c(c1)sc(=O)n2C. The average molecular weight is 391 g/mol. The van der Waals surface area contributed by atoms with E-state index in [1.165, 1.54) is 0 Å². The van der Waals surface area contributed by atoms with Crippen molar-refractivity contribution >= 4 is 44.7 Å². The number of nitrogens with one attached hydrogen (secondary N) is 1. The topological polar surface area (TPSA) is 60.3 Å². The predicted molar refractivity (Wildman–Crippen MR) is 107 cm³/mol. The Balaban J connectivity index is 1.76. The highest BCUT2D eigenvalue weighted by Crippen LogP contribution is 2.24. The van der Waals surface area contributed by atoms with Gasteiger partial charge in [0.15, 0.2) is 6.10 Å². The fraction of sp³-hybridized carbons (Fsp3) is 0.263. The summed E-state index contributed by atoms with van der Waals surface area (Å²) in [7, 11) is 1.73. The van der Waals surface area contributed by atoms with Gasteiger partial charge in [-0.1, -0.05) is 29.9 Å². The summed E-state index contributed by atoms with van der Waals surface area (Å²) in [5.74, 6) is 0.369. The molecule has 0 radical (unpaired) electrons. The van der Waals surface area contributed by atoms with E-state index in [1.54, 1.807) is 35.9 Å². The quantitative estimate of drug-likeness (QED) is 0.704. The number of amides is 1. The molecular formula is C19H19ClN2O3S. The van der Waals surface area contributed by atoms with E-state index in [0.29, 0.717) is 22.9 Å². The summed E-state index contributed by atoms with van der Waals surface area (Å²) in [6.45, 7) is 3.77. The van der Waals surface area contributed by atoms with Gasteiger partial charge in [0.25, 0.3) is 5.91 Å². The molecule has 5 nitrogen and oxygen atoms in total. The number of fused-ring (bicyclic) bond motifs is 1. The van der Waals surface area contributed by atoms with E-state index in [4.69, 9.17) is 16.3 Å². The highest BCUT2D eigenvalue weighted by molar-refractivity contribution is 7.16. The van der Waals surface area contributed by atoms with Crippen LogP contribution in [0.15, 0.2) is 41.2 Å². The monoisotopic (exact) mass is 390 g/mol. The van der Waals surface area contributed by atoms with Crippen LogP contribution < -0.4 is 14.9 Å². The van der Waals surface area contributed by atoms with E-state index in [9.17, 15) is 9.59 Å². The molecule has 1 N–H and O–H groups in total. The minimum atomic E-state index is -0.624. The van der Waals surface area contributed by atoms with E-state index in [2.05, 4.69) is 5.32 Å². The second kappa shape index (κ2) is 7.51. The van der Waals surface area contributed by atoms with Gasteiger partial charge in [-0.25, -0.2) is 0 Å². The van der Waals surface area contributed by atoms with Gasteiger partial charge in [0, 0.05) is 17.8 Å². The van der Waals surface area contributed by atoms with Crippen LogP contribution in [-0.4, -0.2) is 16.6 Å². The van der Waals surface area contributed by atoms with Crippen LogP contribution in [0.1, 0.15) is 18.9 Å². The van der Waals surface area contributed by atoms with E-state index >= 15 is 0 Å². The maximum Gasteiger partial charge on any atom is 0.307 e. The molecule has 0 spiro atoms. The molecule has 1 aromatic heterocycles. The van der Waals surface area contributed by atoms with Crippen molar-refractivity contribution in [1.29, 1.82) is 0 Å². The van der Waals surface area contributed by atoms with Gasteiger partial charge in [0.2, 0.25) is 0 Å². The Labute approximate surface area is 160 Å². The fourth-order valence-corrected chi connectivity index (χ4v) is 3.65. The van der Waals surface area contributed by atoms with Crippen molar-refractivity contribution in [3.05, 3.63) is 56.7 Å². The lowest BCUT2D eigenvalue weighted by Gasteiger charge is -2.18. The molecule has 0 saturated carbocycles. The van der Waals surface area contributed by atoms with Crippen molar-refractivity contribution in [2.75, 3.05) is 5.32 Å². The van der Waals surface area contributed by atoms with Crippen LogP contribution in [0.5, 0.6) is 5.75 Å². The number of anilines is 1. The van der Waals surface area contributed by atoms with Crippen molar-refractivity contribution in [1.82, 2.24) is 4.57 Å². The third-order valence-corrected chi connectivity index (χ3v) is 5.55. The number of carbonyl (C=O) groups is 1. The fourth-order valence-electron chi connectivity index (χ4n) is 2.61. The summed E-state index contributed by atoms with van der Waals surface area (Å²) >= 11 is 7.18.